The van der Waals surface area contributed by atoms with E-state index in [4.69, 9.17) is 0 Å². The second-order valence-electron chi connectivity index (χ2n) is 0. The van der Waals surface area contributed by atoms with Crippen molar-refractivity contribution >= 4 is 0 Å². The molecule has 0 rings (SSSR count). The second kappa shape index (κ2) is 486. The SMILES string of the molecule is O.O.O.O.O.O.[Cl-].[Cl-].[Cl-].[Cl-].[Cl-].[Ta+5]. The van der Waals surface area contributed by atoms with Gasteiger partial charge in [-0.2, -0.15) is 0 Å². The van der Waals surface area contributed by atoms with Gasteiger partial charge < -0.3 is 94.9 Å². The Labute approximate surface area is 117 Å². The molecule has 88 valence electrons. The van der Waals surface area contributed by atoms with E-state index in [2.05, 4.69) is 0 Å². The predicted octanol–water partition coefficient (Wildman–Crippen LogP) is -19.9. The largest absolute Gasteiger partial charge is 5.00 e. The Morgan fingerprint density at radius 1 is 0.250 bits per heavy atom. The molecule has 0 aromatic heterocycles. The average Bonchev–Trinajstić information content (AvgIpc) is 0. The molecule has 0 spiro atoms. The predicted molar refractivity (Wildman–Crippen MR) is 21.7 cm³/mol. The molecule has 0 aliphatic heterocycles. The molecular formula is H12Cl5O6Ta. The molecule has 0 aliphatic rings. The molecule has 0 bridgehead atoms. The van der Waals surface area contributed by atoms with Gasteiger partial charge in [-0.1, -0.05) is 0 Å². The molecule has 12 heteroatoms. The quantitative estimate of drug-likeness (QED) is 0.328. The van der Waals surface area contributed by atoms with Crippen LogP contribution in [0.1, 0.15) is 0 Å². The Morgan fingerprint density at radius 2 is 0.250 bits per heavy atom. The van der Waals surface area contributed by atoms with E-state index in [1.165, 1.54) is 0 Å². The van der Waals surface area contributed by atoms with Crippen LogP contribution in [0.3, 0.4) is 0 Å². The van der Waals surface area contributed by atoms with Gasteiger partial charge in [0, 0.05) is 0 Å². The van der Waals surface area contributed by atoms with Crippen LogP contribution in [0.2, 0.25) is 0 Å². The summed E-state index contributed by atoms with van der Waals surface area (Å²) >= 11 is 0. The topological polar surface area (TPSA) is 189 Å². The number of halogens is 5. The van der Waals surface area contributed by atoms with Gasteiger partial charge in [-0.25, -0.2) is 0 Å². The first-order valence-corrected chi connectivity index (χ1v) is 0. The molecule has 0 saturated carbocycles. The van der Waals surface area contributed by atoms with Crippen LogP contribution in [-0.2, 0) is 22.4 Å². The van der Waals surface area contributed by atoms with E-state index in [0.717, 1.165) is 0 Å². The van der Waals surface area contributed by atoms with Gasteiger partial charge in [0.25, 0.3) is 0 Å². The molecule has 12 N–H and O–H groups in total. The fraction of sp³-hybridized carbons (Fsp3) is 0. The summed E-state index contributed by atoms with van der Waals surface area (Å²) in [5.41, 5.74) is 0. The summed E-state index contributed by atoms with van der Waals surface area (Å²) in [6, 6.07) is 0. The van der Waals surface area contributed by atoms with Gasteiger partial charge in [0.05, 0.1) is 0 Å². The van der Waals surface area contributed by atoms with Crippen molar-refractivity contribution in [3.05, 3.63) is 0 Å². The van der Waals surface area contributed by atoms with Crippen LogP contribution in [0.15, 0.2) is 0 Å². The van der Waals surface area contributed by atoms with E-state index in [1.807, 2.05) is 0 Å². The minimum Gasteiger partial charge on any atom is -1.00 e. The Bertz CT molecular complexity index is 15.9. The number of hydrogen-bond donors (Lipinski definition) is 0. The summed E-state index contributed by atoms with van der Waals surface area (Å²) in [7, 11) is 0. The Kier molecular flexibility index (Phi) is 24900. The minimum absolute atomic E-state index is 0. The Morgan fingerprint density at radius 3 is 0.250 bits per heavy atom. The molecule has 0 heterocycles. The van der Waals surface area contributed by atoms with Crippen molar-refractivity contribution in [3.8, 4) is 0 Å². The van der Waals surface area contributed by atoms with E-state index in [1.54, 1.807) is 0 Å². The van der Waals surface area contributed by atoms with E-state index in [9.17, 15) is 0 Å². The fourth-order valence-corrected chi connectivity index (χ4v) is 0. The van der Waals surface area contributed by atoms with Crippen molar-refractivity contribution < 1.29 is 117 Å². The van der Waals surface area contributed by atoms with Crippen LogP contribution >= 0.6 is 0 Å². The smallest absolute Gasteiger partial charge is 1.00 e. The molecule has 0 amide bonds. The van der Waals surface area contributed by atoms with E-state index in [0.29, 0.717) is 0 Å². The summed E-state index contributed by atoms with van der Waals surface area (Å²) in [5.74, 6) is 0. The third kappa shape index (κ3) is 377. The van der Waals surface area contributed by atoms with Gasteiger partial charge >= 0.3 is 22.4 Å². The standard InChI is InChI=1S/5ClH.6H2O.Ta/h5*1H;6*1H2;/q;;;;;;;;;;;+5/p-5. The van der Waals surface area contributed by atoms with Crippen LogP contribution in [0.25, 0.3) is 0 Å². The number of hydrogen-bond acceptors (Lipinski definition) is 0. The average molecular weight is 466 g/mol. The molecule has 0 aromatic carbocycles. The fourth-order valence-electron chi connectivity index (χ4n) is 0. The second-order valence-corrected chi connectivity index (χ2v) is 0. The summed E-state index contributed by atoms with van der Waals surface area (Å²) in [6.45, 7) is 0. The van der Waals surface area contributed by atoms with Crippen molar-refractivity contribution in [2.24, 2.45) is 0 Å². The summed E-state index contributed by atoms with van der Waals surface area (Å²) in [6.07, 6.45) is 0. The first-order chi connectivity index (χ1) is 0. The van der Waals surface area contributed by atoms with Crippen molar-refractivity contribution in [2.45, 2.75) is 0 Å². The van der Waals surface area contributed by atoms with Crippen LogP contribution in [0.4, 0.5) is 0 Å². The molecule has 0 aliphatic carbocycles. The molecule has 0 atom stereocenters. The number of rotatable bonds is 0. The summed E-state index contributed by atoms with van der Waals surface area (Å²) < 4.78 is 0. The maximum absolute atomic E-state index is 0. The van der Waals surface area contributed by atoms with E-state index < -0.39 is 0 Å². The Hall–Kier alpha value is 1.95. The van der Waals surface area contributed by atoms with Crippen molar-refractivity contribution in [1.29, 1.82) is 0 Å². The van der Waals surface area contributed by atoms with Crippen molar-refractivity contribution in [3.63, 3.8) is 0 Å². The van der Waals surface area contributed by atoms with Crippen LogP contribution in [0.5, 0.6) is 0 Å². The maximum Gasteiger partial charge on any atom is 5.00 e. The zero-order chi connectivity index (χ0) is 0. The minimum atomic E-state index is 0. The molecule has 12 heavy (non-hydrogen) atoms. The van der Waals surface area contributed by atoms with Crippen molar-refractivity contribution in [1.82, 2.24) is 0 Å². The Balaban J connectivity index is 0. The monoisotopic (exact) mass is 464 g/mol. The zero-order valence-corrected chi connectivity index (χ0v) is 12.3. The molecule has 0 radical (unpaired) electrons. The van der Waals surface area contributed by atoms with Crippen LogP contribution in [0, 0.1) is 0 Å². The molecule has 0 aromatic rings. The molecule has 0 saturated heterocycles. The van der Waals surface area contributed by atoms with Gasteiger partial charge in [-0.3, -0.25) is 0 Å². The first kappa shape index (κ1) is 615. The maximum atomic E-state index is 0. The van der Waals surface area contributed by atoms with Gasteiger partial charge in [-0.05, 0) is 0 Å². The first-order valence-electron chi connectivity index (χ1n) is 0. The molecule has 0 fully saturated rings. The molecular weight excluding hydrogens is 454 g/mol. The van der Waals surface area contributed by atoms with E-state index >= 15 is 0 Å². The summed E-state index contributed by atoms with van der Waals surface area (Å²) in [4.78, 5) is 0. The zero-order valence-electron chi connectivity index (χ0n) is 5.34. The molecule has 6 nitrogen and oxygen atoms in total. The molecule has 0 unspecified atom stereocenters. The van der Waals surface area contributed by atoms with E-state index in [-0.39, 0.29) is 117 Å². The third-order valence-electron chi connectivity index (χ3n) is 0. The summed E-state index contributed by atoms with van der Waals surface area (Å²) in [5, 5.41) is 0. The normalized spacial score (nSPS) is 0. The third-order valence-corrected chi connectivity index (χ3v) is 0. The van der Waals surface area contributed by atoms with Gasteiger partial charge in [0.1, 0.15) is 0 Å². The van der Waals surface area contributed by atoms with Gasteiger partial charge in [0.2, 0.25) is 0 Å². The van der Waals surface area contributed by atoms with Gasteiger partial charge in [0.15, 0.2) is 0 Å². The van der Waals surface area contributed by atoms with Crippen molar-refractivity contribution in [2.75, 3.05) is 0 Å². The van der Waals surface area contributed by atoms with Crippen LogP contribution in [-0.4, -0.2) is 32.9 Å². The van der Waals surface area contributed by atoms with Gasteiger partial charge in [-0.15, -0.1) is 0 Å². The van der Waals surface area contributed by atoms with Crippen LogP contribution < -0.4 is 62.0 Å².